The molecule has 3 heteroatoms. The molecule has 0 radical (unpaired) electrons. The van der Waals surface area contributed by atoms with Crippen LogP contribution in [0, 0.1) is 11.3 Å². The summed E-state index contributed by atoms with van der Waals surface area (Å²) in [6.07, 6.45) is 9.90. The molecule has 0 bridgehead atoms. The average Bonchev–Trinajstić information content (AvgIpc) is 2.92. The van der Waals surface area contributed by atoms with Crippen LogP contribution in [0.2, 0.25) is 0 Å². The van der Waals surface area contributed by atoms with Crippen molar-refractivity contribution in [2.75, 3.05) is 14.1 Å². The Kier molecular flexibility index (Phi) is 4.06. The van der Waals surface area contributed by atoms with Crippen LogP contribution in [0.25, 0.3) is 0 Å². The molecule has 1 N–H and O–H groups in total. The third-order valence-electron chi connectivity index (χ3n) is 4.98. The first-order chi connectivity index (χ1) is 8.21. The number of nitriles is 1. The van der Waals surface area contributed by atoms with E-state index in [1.807, 2.05) is 7.05 Å². The molecule has 0 aliphatic heterocycles. The minimum Gasteiger partial charge on any atom is -0.302 e. The molecule has 96 valence electrons. The summed E-state index contributed by atoms with van der Waals surface area (Å²) >= 11 is 0. The second kappa shape index (κ2) is 5.37. The minimum absolute atomic E-state index is 0.243. The highest BCUT2D eigenvalue weighted by Crippen LogP contribution is 2.33. The molecule has 0 aromatic heterocycles. The highest BCUT2D eigenvalue weighted by atomic mass is 15.2. The monoisotopic (exact) mass is 235 g/mol. The van der Waals surface area contributed by atoms with Crippen molar-refractivity contribution in [3.8, 4) is 6.07 Å². The van der Waals surface area contributed by atoms with Crippen LogP contribution in [-0.4, -0.2) is 36.6 Å². The fourth-order valence-electron chi connectivity index (χ4n) is 3.53. The lowest BCUT2D eigenvalue weighted by atomic mass is 9.79. The van der Waals surface area contributed by atoms with Gasteiger partial charge in [-0.3, -0.25) is 0 Å². The van der Waals surface area contributed by atoms with E-state index < -0.39 is 0 Å². The Hall–Kier alpha value is -0.590. The van der Waals surface area contributed by atoms with E-state index in [4.69, 9.17) is 0 Å². The molecule has 2 aliphatic carbocycles. The van der Waals surface area contributed by atoms with Gasteiger partial charge < -0.3 is 10.2 Å². The van der Waals surface area contributed by atoms with E-state index in [1.54, 1.807) is 0 Å². The van der Waals surface area contributed by atoms with Gasteiger partial charge in [0.25, 0.3) is 0 Å². The Morgan fingerprint density at radius 1 is 1.12 bits per heavy atom. The minimum atomic E-state index is -0.243. The Morgan fingerprint density at radius 3 is 2.12 bits per heavy atom. The van der Waals surface area contributed by atoms with Gasteiger partial charge in [-0.1, -0.05) is 12.8 Å². The summed E-state index contributed by atoms with van der Waals surface area (Å²) in [4.78, 5) is 2.60. The van der Waals surface area contributed by atoms with Crippen LogP contribution in [0.15, 0.2) is 0 Å². The zero-order valence-corrected chi connectivity index (χ0v) is 11.2. The maximum Gasteiger partial charge on any atom is 0.106 e. The van der Waals surface area contributed by atoms with Crippen LogP contribution in [0.1, 0.15) is 51.4 Å². The molecule has 0 spiro atoms. The van der Waals surface area contributed by atoms with Gasteiger partial charge in [-0.2, -0.15) is 5.26 Å². The molecule has 2 saturated carbocycles. The lowest BCUT2D eigenvalue weighted by Crippen LogP contribution is -2.50. The van der Waals surface area contributed by atoms with Crippen molar-refractivity contribution in [1.29, 1.82) is 5.26 Å². The summed E-state index contributed by atoms with van der Waals surface area (Å²) < 4.78 is 0. The summed E-state index contributed by atoms with van der Waals surface area (Å²) in [7, 11) is 4.21. The zero-order chi connectivity index (χ0) is 12.3. The van der Waals surface area contributed by atoms with Gasteiger partial charge in [0.1, 0.15) is 5.54 Å². The Bertz CT molecular complexity index is 280. The van der Waals surface area contributed by atoms with Crippen LogP contribution >= 0.6 is 0 Å². The van der Waals surface area contributed by atoms with Crippen molar-refractivity contribution < 1.29 is 0 Å². The van der Waals surface area contributed by atoms with Gasteiger partial charge in [0.15, 0.2) is 0 Å². The Balaban J connectivity index is 1.88. The van der Waals surface area contributed by atoms with Gasteiger partial charge in [0.2, 0.25) is 0 Å². The Morgan fingerprint density at radius 2 is 1.65 bits per heavy atom. The molecule has 2 rings (SSSR count). The smallest absolute Gasteiger partial charge is 0.106 e. The number of nitrogens with zero attached hydrogens (tertiary/aromatic N) is 2. The molecule has 0 saturated heterocycles. The summed E-state index contributed by atoms with van der Waals surface area (Å²) in [6.45, 7) is 0. The van der Waals surface area contributed by atoms with E-state index in [2.05, 4.69) is 23.3 Å². The number of nitrogens with one attached hydrogen (secondary N) is 1. The second-order valence-electron chi connectivity index (χ2n) is 5.78. The number of hydrogen-bond donors (Lipinski definition) is 1. The largest absolute Gasteiger partial charge is 0.302 e. The average molecular weight is 235 g/mol. The van der Waals surface area contributed by atoms with E-state index in [0.717, 1.165) is 18.9 Å². The second-order valence-corrected chi connectivity index (χ2v) is 5.78. The molecular formula is C14H25N3. The summed E-state index contributed by atoms with van der Waals surface area (Å²) in [6, 6.07) is 3.98. The normalized spacial score (nSPS) is 35.1. The zero-order valence-electron chi connectivity index (χ0n) is 11.2. The molecule has 0 unspecified atom stereocenters. The van der Waals surface area contributed by atoms with E-state index in [0.29, 0.717) is 6.04 Å². The Labute approximate surface area is 105 Å². The van der Waals surface area contributed by atoms with E-state index in [1.165, 1.54) is 38.5 Å². The first-order valence-corrected chi connectivity index (χ1v) is 7.03. The van der Waals surface area contributed by atoms with Crippen molar-refractivity contribution in [2.24, 2.45) is 0 Å². The molecular weight excluding hydrogens is 210 g/mol. The van der Waals surface area contributed by atoms with Crippen molar-refractivity contribution >= 4 is 0 Å². The summed E-state index contributed by atoms with van der Waals surface area (Å²) in [5.41, 5.74) is -0.243. The molecule has 0 heterocycles. The predicted molar refractivity (Wildman–Crippen MR) is 69.7 cm³/mol. The van der Waals surface area contributed by atoms with Gasteiger partial charge in [-0.05, 0) is 52.6 Å². The van der Waals surface area contributed by atoms with Crippen molar-refractivity contribution in [1.82, 2.24) is 10.2 Å². The van der Waals surface area contributed by atoms with Gasteiger partial charge in [-0.25, -0.2) is 0 Å². The SMILES string of the molecule is CNC1(C#N)CCC(N(C)C2CCCC2)CC1. The summed E-state index contributed by atoms with van der Waals surface area (Å²) in [5.74, 6) is 0. The van der Waals surface area contributed by atoms with E-state index in [9.17, 15) is 5.26 Å². The number of hydrogen-bond acceptors (Lipinski definition) is 3. The van der Waals surface area contributed by atoms with Gasteiger partial charge in [-0.15, -0.1) is 0 Å². The van der Waals surface area contributed by atoms with E-state index >= 15 is 0 Å². The molecule has 2 aliphatic rings. The van der Waals surface area contributed by atoms with Gasteiger partial charge in [0.05, 0.1) is 6.07 Å². The quantitative estimate of drug-likeness (QED) is 0.815. The fraction of sp³-hybridized carbons (Fsp3) is 0.929. The lowest BCUT2D eigenvalue weighted by molar-refractivity contribution is 0.117. The predicted octanol–water partition coefficient (Wildman–Crippen LogP) is 2.29. The lowest BCUT2D eigenvalue weighted by Gasteiger charge is -2.40. The van der Waals surface area contributed by atoms with Gasteiger partial charge in [0, 0.05) is 12.1 Å². The molecule has 0 atom stereocenters. The maximum atomic E-state index is 9.25. The van der Waals surface area contributed by atoms with E-state index in [-0.39, 0.29) is 5.54 Å². The molecule has 17 heavy (non-hydrogen) atoms. The first-order valence-electron chi connectivity index (χ1n) is 7.03. The highest BCUT2D eigenvalue weighted by Gasteiger charge is 2.36. The van der Waals surface area contributed by atoms with Crippen LogP contribution in [0.4, 0.5) is 0 Å². The van der Waals surface area contributed by atoms with Crippen LogP contribution < -0.4 is 5.32 Å². The summed E-state index contributed by atoms with van der Waals surface area (Å²) in [5, 5.41) is 12.5. The third kappa shape index (κ3) is 2.64. The molecule has 0 aromatic rings. The maximum absolute atomic E-state index is 9.25. The number of rotatable bonds is 3. The van der Waals surface area contributed by atoms with Gasteiger partial charge >= 0.3 is 0 Å². The topological polar surface area (TPSA) is 39.1 Å². The van der Waals surface area contributed by atoms with Crippen molar-refractivity contribution in [3.05, 3.63) is 0 Å². The van der Waals surface area contributed by atoms with Crippen LogP contribution in [-0.2, 0) is 0 Å². The third-order valence-corrected chi connectivity index (χ3v) is 4.98. The van der Waals surface area contributed by atoms with Crippen molar-refractivity contribution in [2.45, 2.75) is 69.0 Å². The highest BCUT2D eigenvalue weighted by molar-refractivity contribution is 5.09. The first kappa shape index (κ1) is 12.9. The van der Waals surface area contributed by atoms with Crippen LogP contribution in [0.3, 0.4) is 0 Å². The molecule has 0 aromatic carbocycles. The fourth-order valence-corrected chi connectivity index (χ4v) is 3.53. The molecule has 0 amide bonds. The standard InChI is InChI=1S/C14H25N3/c1-16-14(11-15)9-7-13(8-10-14)17(2)12-5-3-4-6-12/h12-13,16H,3-10H2,1-2H3. The van der Waals surface area contributed by atoms with Crippen molar-refractivity contribution in [3.63, 3.8) is 0 Å². The molecule has 3 nitrogen and oxygen atoms in total. The van der Waals surface area contributed by atoms with Crippen LogP contribution in [0.5, 0.6) is 0 Å². The molecule has 2 fully saturated rings.